The van der Waals surface area contributed by atoms with Gasteiger partial charge < -0.3 is 10.6 Å². The monoisotopic (exact) mass is 291 g/mol. The van der Waals surface area contributed by atoms with E-state index in [2.05, 4.69) is 16.7 Å². The van der Waals surface area contributed by atoms with Crippen LogP contribution in [-0.2, 0) is 9.84 Å². The van der Waals surface area contributed by atoms with Gasteiger partial charge in [-0.25, -0.2) is 8.42 Å². The summed E-state index contributed by atoms with van der Waals surface area (Å²) in [6.45, 7) is 8.00. The van der Waals surface area contributed by atoms with Crippen LogP contribution in [0.3, 0.4) is 0 Å². The lowest BCUT2D eigenvalue weighted by Crippen LogP contribution is -2.52. The molecule has 1 saturated heterocycles. The standard InChI is InChI=1S/C13H29N3O2S/c1-3-5-13(12-14)16-9-7-15(8-10-16)6-4-11-19(2,17)18/h13H,3-12,14H2,1-2H3. The Hall–Kier alpha value is -0.170. The zero-order valence-corrected chi connectivity index (χ0v) is 13.2. The Morgan fingerprint density at radius 2 is 1.84 bits per heavy atom. The van der Waals surface area contributed by atoms with Crippen molar-refractivity contribution in [3.63, 3.8) is 0 Å². The number of sulfone groups is 1. The molecule has 0 radical (unpaired) electrons. The third-order valence-corrected chi connectivity index (χ3v) is 4.84. The summed E-state index contributed by atoms with van der Waals surface area (Å²) in [5.74, 6) is 0.300. The van der Waals surface area contributed by atoms with Gasteiger partial charge in [-0.1, -0.05) is 13.3 Å². The largest absolute Gasteiger partial charge is 0.329 e. The minimum atomic E-state index is -2.81. The van der Waals surface area contributed by atoms with Gasteiger partial charge in [-0.15, -0.1) is 0 Å². The molecule has 1 fully saturated rings. The average molecular weight is 291 g/mol. The van der Waals surface area contributed by atoms with E-state index in [-0.39, 0.29) is 0 Å². The lowest BCUT2D eigenvalue weighted by Gasteiger charge is -2.39. The number of nitrogens with two attached hydrogens (primary N) is 1. The summed E-state index contributed by atoms with van der Waals surface area (Å²) >= 11 is 0. The van der Waals surface area contributed by atoms with Crippen molar-refractivity contribution >= 4 is 9.84 Å². The molecule has 2 N–H and O–H groups in total. The van der Waals surface area contributed by atoms with Crippen LogP contribution in [0.1, 0.15) is 26.2 Å². The van der Waals surface area contributed by atoms with Gasteiger partial charge in [0.2, 0.25) is 0 Å². The highest BCUT2D eigenvalue weighted by molar-refractivity contribution is 7.90. The summed E-state index contributed by atoms with van der Waals surface area (Å²) < 4.78 is 22.2. The molecule has 0 amide bonds. The molecule has 0 aliphatic carbocycles. The molecule has 0 spiro atoms. The maximum atomic E-state index is 11.1. The highest BCUT2D eigenvalue weighted by Gasteiger charge is 2.22. The second-order valence-corrected chi connectivity index (χ2v) is 7.80. The van der Waals surface area contributed by atoms with Gasteiger partial charge in [0.05, 0.1) is 5.75 Å². The molecule has 1 rings (SSSR count). The number of piperazine rings is 1. The quantitative estimate of drug-likeness (QED) is 0.690. The molecule has 0 aromatic rings. The van der Waals surface area contributed by atoms with E-state index < -0.39 is 9.84 Å². The van der Waals surface area contributed by atoms with Gasteiger partial charge in [0, 0.05) is 45.0 Å². The molecule has 0 saturated carbocycles. The number of hydrogen-bond donors (Lipinski definition) is 1. The van der Waals surface area contributed by atoms with Gasteiger partial charge in [-0.2, -0.15) is 0 Å². The molecule has 0 aromatic heterocycles. The predicted octanol–water partition coefficient (Wildman–Crippen LogP) is 0.166. The minimum absolute atomic E-state index is 0.300. The zero-order chi connectivity index (χ0) is 14.3. The fourth-order valence-electron chi connectivity index (χ4n) is 2.69. The topological polar surface area (TPSA) is 66.6 Å². The van der Waals surface area contributed by atoms with E-state index in [0.717, 1.165) is 45.7 Å². The fraction of sp³-hybridized carbons (Fsp3) is 1.00. The van der Waals surface area contributed by atoms with Crippen LogP contribution in [0.2, 0.25) is 0 Å². The molecule has 6 heteroatoms. The Morgan fingerprint density at radius 1 is 1.21 bits per heavy atom. The van der Waals surface area contributed by atoms with E-state index in [0.29, 0.717) is 11.8 Å². The molecule has 1 aliphatic heterocycles. The van der Waals surface area contributed by atoms with Crippen LogP contribution in [0.4, 0.5) is 0 Å². The normalized spacial score (nSPS) is 20.6. The van der Waals surface area contributed by atoms with Crippen molar-refractivity contribution in [2.75, 3.05) is 51.3 Å². The highest BCUT2D eigenvalue weighted by Crippen LogP contribution is 2.10. The zero-order valence-electron chi connectivity index (χ0n) is 12.3. The van der Waals surface area contributed by atoms with Crippen LogP contribution in [0, 0.1) is 0 Å². The van der Waals surface area contributed by atoms with Crippen LogP contribution >= 0.6 is 0 Å². The van der Waals surface area contributed by atoms with E-state index in [1.165, 1.54) is 19.1 Å². The Kier molecular flexibility index (Phi) is 7.28. The number of hydrogen-bond acceptors (Lipinski definition) is 5. The summed E-state index contributed by atoms with van der Waals surface area (Å²) in [5, 5.41) is 0. The second-order valence-electron chi connectivity index (χ2n) is 5.54. The first-order valence-electron chi connectivity index (χ1n) is 7.30. The van der Waals surface area contributed by atoms with E-state index in [4.69, 9.17) is 5.73 Å². The molecule has 0 bridgehead atoms. The smallest absolute Gasteiger partial charge is 0.147 e. The number of rotatable bonds is 8. The molecule has 19 heavy (non-hydrogen) atoms. The van der Waals surface area contributed by atoms with E-state index in [1.807, 2.05) is 0 Å². The highest BCUT2D eigenvalue weighted by atomic mass is 32.2. The molecule has 5 nitrogen and oxygen atoms in total. The molecule has 114 valence electrons. The SMILES string of the molecule is CCCC(CN)N1CCN(CCCS(C)(=O)=O)CC1. The summed E-state index contributed by atoms with van der Waals surface area (Å²) in [7, 11) is -2.81. The molecule has 1 unspecified atom stereocenters. The number of nitrogens with zero attached hydrogens (tertiary/aromatic N) is 2. The predicted molar refractivity (Wildman–Crippen MR) is 80.1 cm³/mol. The molecular formula is C13H29N3O2S. The minimum Gasteiger partial charge on any atom is -0.329 e. The van der Waals surface area contributed by atoms with Crippen LogP contribution in [0.15, 0.2) is 0 Å². The lowest BCUT2D eigenvalue weighted by molar-refractivity contribution is 0.0948. The lowest BCUT2D eigenvalue weighted by atomic mass is 10.1. The first kappa shape index (κ1) is 16.9. The fourth-order valence-corrected chi connectivity index (χ4v) is 3.34. The van der Waals surface area contributed by atoms with Crippen molar-refractivity contribution in [3.05, 3.63) is 0 Å². The van der Waals surface area contributed by atoms with Gasteiger partial charge in [-0.05, 0) is 19.4 Å². The maximum absolute atomic E-state index is 11.1. The van der Waals surface area contributed by atoms with Gasteiger partial charge in [0.25, 0.3) is 0 Å². The summed E-state index contributed by atoms with van der Waals surface area (Å²) in [6, 6.07) is 0.517. The maximum Gasteiger partial charge on any atom is 0.147 e. The molecular weight excluding hydrogens is 262 g/mol. The average Bonchev–Trinajstić information content (AvgIpc) is 2.35. The Morgan fingerprint density at radius 3 is 2.32 bits per heavy atom. The van der Waals surface area contributed by atoms with Gasteiger partial charge in [0.15, 0.2) is 0 Å². The first-order chi connectivity index (χ1) is 8.96. The summed E-state index contributed by atoms with van der Waals surface area (Å²) in [6.07, 6.45) is 4.40. The van der Waals surface area contributed by atoms with Crippen LogP contribution < -0.4 is 5.73 Å². The van der Waals surface area contributed by atoms with Crippen molar-refractivity contribution in [2.45, 2.75) is 32.2 Å². The van der Waals surface area contributed by atoms with Gasteiger partial charge in [-0.3, -0.25) is 4.90 Å². The first-order valence-corrected chi connectivity index (χ1v) is 9.36. The molecule has 1 aliphatic rings. The Bertz CT molecular complexity index is 338. The van der Waals surface area contributed by atoms with Crippen LogP contribution in [0.25, 0.3) is 0 Å². The van der Waals surface area contributed by atoms with Crippen LogP contribution in [0.5, 0.6) is 0 Å². The molecule has 0 aromatic carbocycles. The van der Waals surface area contributed by atoms with Crippen LogP contribution in [-0.4, -0.2) is 75.5 Å². The van der Waals surface area contributed by atoms with Crippen molar-refractivity contribution in [1.82, 2.24) is 9.80 Å². The van der Waals surface area contributed by atoms with E-state index >= 15 is 0 Å². The van der Waals surface area contributed by atoms with Crippen molar-refractivity contribution in [2.24, 2.45) is 5.73 Å². The van der Waals surface area contributed by atoms with E-state index in [1.54, 1.807) is 0 Å². The van der Waals surface area contributed by atoms with E-state index in [9.17, 15) is 8.42 Å². The third-order valence-electron chi connectivity index (χ3n) is 3.81. The molecule has 1 atom stereocenters. The van der Waals surface area contributed by atoms with Crippen molar-refractivity contribution in [3.8, 4) is 0 Å². The third kappa shape index (κ3) is 6.70. The van der Waals surface area contributed by atoms with Crippen molar-refractivity contribution < 1.29 is 8.42 Å². The van der Waals surface area contributed by atoms with Gasteiger partial charge in [0.1, 0.15) is 9.84 Å². The Labute approximate surface area is 118 Å². The summed E-state index contributed by atoms with van der Waals surface area (Å²) in [5.41, 5.74) is 5.83. The molecule has 1 heterocycles. The van der Waals surface area contributed by atoms with Crippen molar-refractivity contribution in [1.29, 1.82) is 0 Å². The van der Waals surface area contributed by atoms with Gasteiger partial charge >= 0.3 is 0 Å². The summed E-state index contributed by atoms with van der Waals surface area (Å²) in [4.78, 5) is 4.85. The second kappa shape index (κ2) is 8.19. The Balaban J connectivity index is 2.24.